The van der Waals surface area contributed by atoms with Gasteiger partial charge >= 0.3 is 5.97 Å². The first-order valence-corrected chi connectivity index (χ1v) is 8.97. The average molecular weight is 369 g/mol. The van der Waals surface area contributed by atoms with Gasteiger partial charge in [-0.15, -0.1) is 0 Å². The van der Waals surface area contributed by atoms with Crippen molar-refractivity contribution in [1.82, 2.24) is 5.32 Å². The van der Waals surface area contributed by atoms with Gasteiger partial charge in [0.2, 0.25) is 0 Å². The van der Waals surface area contributed by atoms with Crippen molar-refractivity contribution in [3.63, 3.8) is 0 Å². The van der Waals surface area contributed by atoms with E-state index in [1.165, 1.54) is 0 Å². The molecule has 1 atom stereocenters. The molecule has 0 fully saturated rings. The molecule has 0 bridgehead atoms. The van der Waals surface area contributed by atoms with Crippen molar-refractivity contribution in [2.75, 3.05) is 6.61 Å². The summed E-state index contributed by atoms with van der Waals surface area (Å²) in [4.78, 5) is 23.5. The number of aliphatic carboxylic acids is 1. The van der Waals surface area contributed by atoms with Gasteiger partial charge in [-0.1, -0.05) is 63.2 Å². The summed E-state index contributed by atoms with van der Waals surface area (Å²) in [6.07, 6.45) is -0.190. The maximum atomic E-state index is 12.3. The number of hydrogen-bond donors (Lipinski definition) is 2. The van der Waals surface area contributed by atoms with Crippen molar-refractivity contribution in [3.8, 4) is 5.75 Å². The van der Waals surface area contributed by atoms with Gasteiger partial charge in [-0.2, -0.15) is 0 Å². The van der Waals surface area contributed by atoms with Crippen LogP contribution in [-0.2, 0) is 15.0 Å². The topological polar surface area (TPSA) is 75.6 Å². The zero-order chi connectivity index (χ0) is 20.0. The number of benzene rings is 2. The van der Waals surface area contributed by atoms with Gasteiger partial charge in [0.1, 0.15) is 5.75 Å². The molecule has 0 spiro atoms. The van der Waals surface area contributed by atoms with E-state index in [9.17, 15) is 14.7 Å². The van der Waals surface area contributed by atoms with Crippen LogP contribution in [0.3, 0.4) is 0 Å². The molecule has 0 aliphatic rings. The van der Waals surface area contributed by atoms with E-state index in [1.807, 2.05) is 49.4 Å². The van der Waals surface area contributed by atoms with E-state index < -0.39 is 12.0 Å². The molecule has 27 heavy (non-hydrogen) atoms. The third-order valence-electron chi connectivity index (χ3n) is 4.35. The first kappa shape index (κ1) is 20.5. The van der Waals surface area contributed by atoms with Crippen LogP contribution in [0, 0.1) is 6.92 Å². The third kappa shape index (κ3) is 6.13. The first-order valence-electron chi connectivity index (χ1n) is 8.97. The maximum Gasteiger partial charge on any atom is 0.305 e. The molecule has 0 heterocycles. The minimum atomic E-state index is -0.972. The number of nitrogens with one attached hydrogen (secondary N) is 1. The Hall–Kier alpha value is -2.82. The SMILES string of the molecule is Cc1ccccc1OCC(=O)N[C@@H](CC(=O)O)c1ccc(C(C)(C)C)cc1. The van der Waals surface area contributed by atoms with Crippen LogP contribution < -0.4 is 10.1 Å². The molecular weight excluding hydrogens is 342 g/mol. The summed E-state index contributed by atoms with van der Waals surface area (Å²) in [7, 11) is 0. The number of para-hydroxylation sites is 1. The van der Waals surface area contributed by atoms with E-state index in [0.29, 0.717) is 5.75 Å². The fourth-order valence-corrected chi connectivity index (χ4v) is 2.74. The molecular formula is C22H27NO4. The van der Waals surface area contributed by atoms with Crippen LogP contribution in [0.5, 0.6) is 5.75 Å². The van der Waals surface area contributed by atoms with Gasteiger partial charge in [0.05, 0.1) is 12.5 Å². The molecule has 2 N–H and O–H groups in total. The number of rotatable bonds is 7. The lowest BCUT2D eigenvalue weighted by molar-refractivity contribution is -0.137. The highest BCUT2D eigenvalue weighted by Crippen LogP contribution is 2.25. The Morgan fingerprint density at radius 3 is 2.26 bits per heavy atom. The van der Waals surface area contributed by atoms with Crippen LogP contribution in [0.25, 0.3) is 0 Å². The number of ether oxygens (including phenoxy) is 1. The molecule has 144 valence electrons. The van der Waals surface area contributed by atoms with Gasteiger partial charge in [-0.3, -0.25) is 9.59 Å². The lowest BCUT2D eigenvalue weighted by Gasteiger charge is -2.22. The number of hydrogen-bond acceptors (Lipinski definition) is 3. The Labute approximate surface area is 160 Å². The molecule has 2 rings (SSSR count). The summed E-state index contributed by atoms with van der Waals surface area (Å²) >= 11 is 0. The Bertz CT molecular complexity index is 791. The second-order valence-corrected chi connectivity index (χ2v) is 7.64. The van der Waals surface area contributed by atoms with Gasteiger partial charge < -0.3 is 15.2 Å². The van der Waals surface area contributed by atoms with E-state index in [2.05, 4.69) is 26.1 Å². The van der Waals surface area contributed by atoms with Crippen LogP contribution in [0.15, 0.2) is 48.5 Å². The standard InChI is InChI=1S/C22H27NO4/c1-15-7-5-6-8-19(15)27-14-20(24)23-18(13-21(25)26)16-9-11-17(12-10-16)22(2,3)4/h5-12,18H,13-14H2,1-4H3,(H,23,24)(H,25,26)/t18-/m0/s1. The molecule has 0 saturated carbocycles. The van der Waals surface area contributed by atoms with Crippen molar-refractivity contribution in [2.24, 2.45) is 0 Å². The van der Waals surface area contributed by atoms with Gasteiger partial charge in [-0.05, 0) is 35.1 Å². The van der Waals surface area contributed by atoms with Crippen molar-refractivity contribution < 1.29 is 19.4 Å². The van der Waals surface area contributed by atoms with Crippen LogP contribution in [0.2, 0.25) is 0 Å². The molecule has 0 saturated heterocycles. The van der Waals surface area contributed by atoms with E-state index >= 15 is 0 Å². The lowest BCUT2D eigenvalue weighted by atomic mass is 9.86. The molecule has 0 aromatic heterocycles. The monoisotopic (exact) mass is 369 g/mol. The van der Waals surface area contributed by atoms with Crippen LogP contribution in [0.1, 0.15) is 49.9 Å². The quantitative estimate of drug-likeness (QED) is 0.773. The smallest absolute Gasteiger partial charge is 0.305 e. The molecule has 0 aliphatic carbocycles. The Balaban J connectivity index is 2.06. The van der Waals surface area contributed by atoms with Crippen molar-refractivity contribution in [2.45, 2.75) is 45.6 Å². The number of carboxylic acid groups (broad SMARTS) is 1. The number of carbonyl (C=O) groups excluding carboxylic acids is 1. The summed E-state index contributed by atoms with van der Waals surface area (Å²) in [6.45, 7) is 8.07. The molecule has 5 heteroatoms. The number of aryl methyl sites for hydroxylation is 1. The minimum absolute atomic E-state index is 0.00541. The van der Waals surface area contributed by atoms with E-state index in [-0.39, 0.29) is 24.3 Å². The third-order valence-corrected chi connectivity index (χ3v) is 4.35. The average Bonchev–Trinajstić information content (AvgIpc) is 2.59. The van der Waals surface area contributed by atoms with Crippen LogP contribution in [0.4, 0.5) is 0 Å². The molecule has 0 aliphatic heterocycles. The highest BCUT2D eigenvalue weighted by molar-refractivity contribution is 5.79. The van der Waals surface area contributed by atoms with Crippen molar-refractivity contribution in [3.05, 3.63) is 65.2 Å². The van der Waals surface area contributed by atoms with E-state index in [4.69, 9.17) is 4.74 Å². The fourth-order valence-electron chi connectivity index (χ4n) is 2.74. The van der Waals surface area contributed by atoms with Gasteiger partial charge in [0, 0.05) is 0 Å². The summed E-state index contributed by atoms with van der Waals surface area (Å²) < 4.78 is 5.54. The molecule has 2 aromatic rings. The molecule has 2 aromatic carbocycles. The first-order chi connectivity index (χ1) is 12.7. The Morgan fingerprint density at radius 2 is 1.70 bits per heavy atom. The molecule has 1 amide bonds. The number of carbonyl (C=O) groups is 2. The van der Waals surface area contributed by atoms with Gasteiger partial charge in [-0.25, -0.2) is 0 Å². The normalized spacial score (nSPS) is 12.3. The fraction of sp³-hybridized carbons (Fsp3) is 0.364. The van der Waals surface area contributed by atoms with E-state index in [0.717, 1.165) is 16.7 Å². The predicted molar refractivity (Wildman–Crippen MR) is 105 cm³/mol. The van der Waals surface area contributed by atoms with Gasteiger partial charge in [0.25, 0.3) is 5.91 Å². The van der Waals surface area contributed by atoms with E-state index in [1.54, 1.807) is 6.07 Å². The lowest BCUT2D eigenvalue weighted by Crippen LogP contribution is -2.34. The summed E-state index contributed by atoms with van der Waals surface area (Å²) in [5.41, 5.74) is 2.85. The summed E-state index contributed by atoms with van der Waals surface area (Å²) in [5.74, 6) is -0.693. The number of amides is 1. The van der Waals surface area contributed by atoms with Crippen molar-refractivity contribution >= 4 is 11.9 Å². The second kappa shape index (κ2) is 8.71. The minimum Gasteiger partial charge on any atom is -0.484 e. The zero-order valence-corrected chi connectivity index (χ0v) is 16.3. The highest BCUT2D eigenvalue weighted by atomic mass is 16.5. The molecule has 0 radical (unpaired) electrons. The second-order valence-electron chi connectivity index (χ2n) is 7.64. The predicted octanol–water partition coefficient (Wildman–Crippen LogP) is 4.00. The van der Waals surface area contributed by atoms with Crippen molar-refractivity contribution in [1.29, 1.82) is 0 Å². The summed E-state index contributed by atoms with van der Waals surface area (Å²) in [6, 6.07) is 14.5. The highest BCUT2D eigenvalue weighted by Gasteiger charge is 2.20. The van der Waals surface area contributed by atoms with Crippen LogP contribution in [-0.4, -0.2) is 23.6 Å². The summed E-state index contributed by atoms with van der Waals surface area (Å²) in [5, 5.41) is 12.0. The Kier molecular flexibility index (Phi) is 6.61. The largest absolute Gasteiger partial charge is 0.484 e. The maximum absolute atomic E-state index is 12.3. The van der Waals surface area contributed by atoms with Crippen LogP contribution >= 0.6 is 0 Å². The number of carboxylic acids is 1. The molecule has 0 unspecified atom stereocenters. The zero-order valence-electron chi connectivity index (χ0n) is 16.3. The van der Waals surface area contributed by atoms with Gasteiger partial charge in [0.15, 0.2) is 6.61 Å². The Morgan fingerprint density at radius 1 is 1.07 bits per heavy atom. The molecule has 5 nitrogen and oxygen atoms in total.